The van der Waals surface area contributed by atoms with Crippen molar-refractivity contribution in [2.24, 2.45) is 5.92 Å². The molecule has 0 aromatic carbocycles. The minimum atomic E-state index is -1.03. The van der Waals surface area contributed by atoms with Gasteiger partial charge in [-0.3, -0.25) is 0 Å². The largest absolute Gasteiger partial charge is 0.373 e. The summed E-state index contributed by atoms with van der Waals surface area (Å²) in [5.74, 6) is 0.724. The topological polar surface area (TPSA) is 12.5 Å². The monoisotopic (exact) mass is 200 g/mol. The molecule has 78 valence electrons. The van der Waals surface area contributed by atoms with Crippen LogP contribution in [0.15, 0.2) is 0 Å². The molecule has 0 amide bonds. The quantitative estimate of drug-likeness (QED) is 0.489. The molecule has 0 aliphatic carbocycles. The molecule has 1 nitrogen and oxygen atoms in total. The highest BCUT2D eigenvalue weighted by Crippen LogP contribution is 2.41. The molecule has 0 spiro atoms. The predicted molar refractivity (Wildman–Crippen MR) is 60.7 cm³/mol. The summed E-state index contributed by atoms with van der Waals surface area (Å²) in [4.78, 5) is 0. The summed E-state index contributed by atoms with van der Waals surface area (Å²) in [5.41, 5.74) is 0.687. The van der Waals surface area contributed by atoms with Crippen LogP contribution in [0, 0.1) is 5.92 Å². The van der Waals surface area contributed by atoms with Gasteiger partial charge in [-0.2, -0.15) is 0 Å². The minimum absolute atomic E-state index is 0.603. The van der Waals surface area contributed by atoms with Crippen LogP contribution < -0.4 is 0 Å². The lowest BCUT2D eigenvalue weighted by molar-refractivity contribution is 0.348. The van der Waals surface area contributed by atoms with Crippen molar-refractivity contribution >= 4 is 8.07 Å². The Morgan fingerprint density at radius 3 is 1.77 bits per heavy atom. The molecule has 1 fully saturated rings. The third kappa shape index (κ3) is 1.99. The smallest absolute Gasteiger partial charge is 0.0902 e. The second-order valence-corrected chi connectivity index (χ2v) is 10.1. The number of epoxide rings is 1. The van der Waals surface area contributed by atoms with Gasteiger partial charge in [0.25, 0.3) is 0 Å². The Kier molecular flexibility index (Phi) is 3.58. The van der Waals surface area contributed by atoms with Gasteiger partial charge in [0.05, 0.1) is 19.9 Å². The van der Waals surface area contributed by atoms with E-state index in [0.29, 0.717) is 11.8 Å². The molecule has 0 aromatic rings. The van der Waals surface area contributed by atoms with Gasteiger partial charge in [-0.05, 0) is 5.92 Å². The summed E-state index contributed by atoms with van der Waals surface area (Å²) in [6.45, 7) is 11.6. The molecule has 0 aromatic heterocycles. The first kappa shape index (κ1) is 11.3. The fourth-order valence-corrected chi connectivity index (χ4v) is 6.71. The Labute approximate surface area is 83.9 Å². The molecule has 0 unspecified atom stereocenters. The molecule has 2 heteroatoms. The van der Waals surface area contributed by atoms with Gasteiger partial charge in [0, 0.05) is 0 Å². The molecule has 1 aliphatic rings. The maximum absolute atomic E-state index is 5.88. The van der Waals surface area contributed by atoms with E-state index in [9.17, 15) is 0 Å². The molecule has 0 radical (unpaired) electrons. The Hall–Kier alpha value is 0.177. The van der Waals surface area contributed by atoms with E-state index in [-0.39, 0.29) is 0 Å². The van der Waals surface area contributed by atoms with Crippen LogP contribution in [0.3, 0.4) is 0 Å². The van der Waals surface area contributed by atoms with E-state index in [1.54, 1.807) is 0 Å². The average molecular weight is 200 g/mol. The van der Waals surface area contributed by atoms with Crippen molar-refractivity contribution in [2.75, 3.05) is 0 Å². The molecule has 1 rings (SSSR count). The zero-order valence-electron chi connectivity index (χ0n) is 9.76. The standard InChI is InChI=1S/C11H24OSi/c1-6-13(7-2,8-3)11-10(12-11)9(4)5/h9-11H,6-8H2,1-5H3/t10-,11-/m1/s1. The molecule has 1 saturated heterocycles. The Morgan fingerprint density at radius 1 is 1.08 bits per heavy atom. The average Bonchev–Trinajstić information content (AvgIpc) is 2.89. The van der Waals surface area contributed by atoms with Gasteiger partial charge in [-0.25, -0.2) is 0 Å². The van der Waals surface area contributed by atoms with Crippen molar-refractivity contribution in [3.05, 3.63) is 0 Å². The van der Waals surface area contributed by atoms with Crippen LogP contribution in [0.2, 0.25) is 18.1 Å². The number of hydrogen-bond donors (Lipinski definition) is 0. The molecule has 2 atom stereocenters. The molecular weight excluding hydrogens is 176 g/mol. The van der Waals surface area contributed by atoms with Gasteiger partial charge >= 0.3 is 0 Å². The highest BCUT2D eigenvalue weighted by molar-refractivity contribution is 6.81. The summed E-state index contributed by atoms with van der Waals surface area (Å²) in [6, 6.07) is 4.19. The first-order chi connectivity index (χ1) is 6.11. The van der Waals surface area contributed by atoms with E-state index in [0.717, 1.165) is 5.92 Å². The van der Waals surface area contributed by atoms with E-state index in [2.05, 4.69) is 34.6 Å². The number of rotatable bonds is 5. The third-order valence-corrected chi connectivity index (χ3v) is 9.79. The van der Waals surface area contributed by atoms with Crippen LogP contribution in [0.25, 0.3) is 0 Å². The Balaban J connectivity index is 2.59. The van der Waals surface area contributed by atoms with Gasteiger partial charge < -0.3 is 4.74 Å². The molecular formula is C11H24OSi. The summed E-state index contributed by atoms with van der Waals surface area (Å²) in [7, 11) is -1.03. The Morgan fingerprint density at radius 2 is 1.54 bits per heavy atom. The lowest BCUT2D eigenvalue weighted by atomic mass is 10.1. The van der Waals surface area contributed by atoms with E-state index < -0.39 is 8.07 Å². The van der Waals surface area contributed by atoms with E-state index in [4.69, 9.17) is 4.74 Å². The van der Waals surface area contributed by atoms with Crippen molar-refractivity contribution in [3.63, 3.8) is 0 Å². The van der Waals surface area contributed by atoms with Crippen LogP contribution >= 0.6 is 0 Å². The van der Waals surface area contributed by atoms with Crippen LogP contribution in [0.1, 0.15) is 34.6 Å². The van der Waals surface area contributed by atoms with Crippen molar-refractivity contribution in [3.8, 4) is 0 Å². The SMILES string of the molecule is CC[Si](CC)(CC)[C@H]1O[C@@H]1C(C)C. The minimum Gasteiger partial charge on any atom is -0.373 e. The number of ether oxygens (including phenoxy) is 1. The first-order valence-corrected chi connectivity index (χ1v) is 8.46. The van der Waals surface area contributed by atoms with Crippen molar-refractivity contribution in [1.29, 1.82) is 0 Å². The van der Waals surface area contributed by atoms with Gasteiger partial charge in [-0.15, -0.1) is 0 Å². The molecule has 0 N–H and O–H groups in total. The van der Waals surface area contributed by atoms with E-state index >= 15 is 0 Å². The third-order valence-electron chi connectivity index (χ3n) is 3.90. The van der Waals surface area contributed by atoms with Crippen molar-refractivity contribution < 1.29 is 4.74 Å². The summed E-state index contributed by atoms with van der Waals surface area (Å²) in [5, 5.41) is 0. The maximum atomic E-state index is 5.88. The maximum Gasteiger partial charge on any atom is 0.0902 e. The molecule has 0 bridgehead atoms. The Bertz CT molecular complexity index is 155. The van der Waals surface area contributed by atoms with Gasteiger partial charge in [0.2, 0.25) is 0 Å². The van der Waals surface area contributed by atoms with Crippen LogP contribution in [-0.2, 0) is 4.74 Å². The van der Waals surface area contributed by atoms with E-state index in [1.165, 1.54) is 18.1 Å². The zero-order chi connectivity index (χ0) is 10.1. The summed E-state index contributed by atoms with van der Waals surface area (Å²) >= 11 is 0. The highest BCUT2D eigenvalue weighted by Gasteiger charge is 2.53. The zero-order valence-corrected chi connectivity index (χ0v) is 10.8. The lowest BCUT2D eigenvalue weighted by Gasteiger charge is -2.26. The second-order valence-electron chi connectivity index (χ2n) is 4.69. The normalized spacial score (nSPS) is 28.2. The predicted octanol–water partition coefficient (Wildman–Crippen LogP) is 3.46. The van der Waals surface area contributed by atoms with E-state index in [1.807, 2.05) is 0 Å². The van der Waals surface area contributed by atoms with Crippen LogP contribution in [-0.4, -0.2) is 19.9 Å². The molecule has 0 saturated carbocycles. The fourth-order valence-electron chi connectivity index (χ4n) is 2.48. The summed E-state index contributed by atoms with van der Waals surface area (Å²) in [6.07, 6.45) is 0.603. The summed E-state index contributed by atoms with van der Waals surface area (Å²) < 4.78 is 5.88. The van der Waals surface area contributed by atoms with Gasteiger partial charge in [0.1, 0.15) is 0 Å². The fraction of sp³-hybridized carbons (Fsp3) is 1.00. The molecule has 1 aliphatic heterocycles. The lowest BCUT2D eigenvalue weighted by Crippen LogP contribution is -2.40. The van der Waals surface area contributed by atoms with Crippen LogP contribution in [0.4, 0.5) is 0 Å². The molecule has 13 heavy (non-hydrogen) atoms. The van der Waals surface area contributed by atoms with Gasteiger partial charge in [0.15, 0.2) is 0 Å². The second kappa shape index (κ2) is 4.14. The highest BCUT2D eigenvalue weighted by atomic mass is 28.3. The van der Waals surface area contributed by atoms with Crippen LogP contribution in [0.5, 0.6) is 0 Å². The van der Waals surface area contributed by atoms with Crippen molar-refractivity contribution in [2.45, 2.75) is 64.6 Å². The number of hydrogen-bond acceptors (Lipinski definition) is 1. The van der Waals surface area contributed by atoms with Gasteiger partial charge in [-0.1, -0.05) is 52.8 Å². The first-order valence-electron chi connectivity index (χ1n) is 5.76. The van der Waals surface area contributed by atoms with Crippen molar-refractivity contribution in [1.82, 2.24) is 0 Å². The molecule has 1 heterocycles.